The molecule has 17 heavy (non-hydrogen) atoms. The predicted molar refractivity (Wildman–Crippen MR) is 62.1 cm³/mol. The number of carbonyl (C=O) groups excluding carboxylic acids is 1. The minimum Gasteiger partial charge on any atom is -0.744 e. The highest BCUT2D eigenvalue weighted by Gasteiger charge is 2.24. The summed E-state index contributed by atoms with van der Waals surface area (Å²) in [6.45, 7) is 0. The van der Waals surface area contributed by atoms with E-state index in [1.54, 1.807) is 18.2 Å². The van der Waals surface area contributed by atoms with Gasteiger partial charge in [-0.25, -0.2) is 8.42 Å². The molecule has 0 bridgehead atoms. The van der Waals surface area contributed by atoms with E-state index in [1.807, 2.05) is 0 Å². The van der Waals surface area contributed by atoms with Crippen LogP contribution in [0.25, 0.3) is 10.8 Å². The van der Waals surface area contributed by atoms with Gasteiger partial charge in [0.2, 0.25) is 5.12 Å². The molecule has 86 valence electrons. The van der Waals surface area contributed by atoms with Crippen molar-refractivity contribution < 1.29 is 17.8 Å². The average molecular weight is 265 g/mol. The topological polar surface area (TPSA) is 74.3 Å². The first-order chi connectivity index (χ1) is 7.98. The molecule has 2 aromatic carbocycles. The summed E-state index contributed by atoms with van der Waals surface area (Å²) < 4.78 is 33.4. The van der Waals surface area contributed by atoms with E-state index in [0.717, 1.165) is 11.8 Å². The van der Waals surface area contributed by atoms with Crippen molar-refractivity contribution in [3.63, 3.8) is 0 Å². The lowest BCUT2D eigenvalue weighted by molar-refractivity contribution is 0.109. The molecule has 0 spiro atoms. The Morgan fingerprint density at radius 2 is 1.88 bits per heavy atom. The Morgan fingerprint density at radius 1 is 1.12 bits per heavy atom. The molecule has 0 saturated carbocycles. The maximum Gasteiger partial charge on any atom is 0.224 e. The molecule has 0 unspecified atom stereocenters. The molecule has 0 aliphatic carbocycles. The van der Waals surface area contributed by atoms with Gasteiger partial charge in [0, 0.05) is 21.2 Å². The summed E-state index contributed by atoms with van der Waals surface area (Å²) in [7, 11) is -4.52. The van der Waals surface area contributed by atoms with E-state index in [4.69, 9.17) is 0 Å². The summed E-state index contributed by atoms with van der Waals surface area (Å²) in [5.74, 6) is 0. The van der Waals surface area contributed by atoms with E-state index < -0.39 is 10.1 Å². The van der Waals surface area contributed by atoms with Crippen molar-refractivity contribution >= 4 is 37.8 Å². The number of hydrogen-bond acceptors (Lipinski definition) is 5. The number of benzene rings is 2. The van der Waals surface area contributed by atoms with Crippen LogP contribution in [0.5, 0.6) is 0 Å². The quantitative estimate of drug-likeness (QED) is 0.737. The van der Waals surface area contributed by atoms with E-state index in [9.17, 15) is 17.8 Å². The van der Waals surface area contributed by atoms with E-state index in [2.05, 4.69) is 0 Å². The zero-order valence-corrected chi connectivity index (χ0v) is 9.97. The van der Waals surface area contributed by atoms with Crippen LogP contribution in [-0.4, -0.2) is 18.1 Å². The zero-order chi connectivity index (χ0) is 12.2. The summed E-state index contributed by atoms with van der Waals surface area (Å²) >= 11 is 1.05. The van der Waals surface area contributed by atoms with Crippen LogP contribution in [0.4, 0.5) is 0 Å². The van der Waals surface area contributed by atoms with Gasteiger partial charge >= 0.3 is 0 Å². The van der Waals surface area contributed by atoms with Crippen molar-refractivity contribution in [1.82, 2.24) is 0 Å². The first kappa shape index (κ1) is 10.8. The van der Waals surface area contributed by atoms with Crippen molar-refractivity contribution in [3.05, 3.63) is 35.9 Å². The van der Waals surface area contributed by atoms with Crippen LogP contribution in [0.1, 0.15) is 10.4 Å². The fourth-order valence-electron chi connectivity index (χ4n) is 1.98. The second-order valence-electron chi connectivity index (χ2n) is 3.63. The van der Waals surface area contributed by atoms with E-state index in [0.29, 0.717) is 21.2 Å². The molecule has 0 saturated heterocycles. The molecule has 1 aliphatic rings. The van der Waals surface area contributed by atoms with Crippen LogP contribution in [-0.2, 0) is 10.1 Å². The summed E-state index contributed by atoms with van der Waals surface area (Å²) in [5.41, 5.74) is 0.466. The van der Waals surface area contributed by atoms with E-state index >= 15 is 0 Å². The van der Waals surface area contributed by atoms with Crippen molar-refractivity contribution in [2.45, 2.75) is 9.79 Å². The molecule has 0 fully saturated rings. The minimum absolute atomic E-state index is 0.119. The monoisotopic (exact) mass is 265 g/mol. The molecular formula is C11H5O4S2-. The molecule has 2 aromatic rings. The summed E-state index contributed by atoms with van der Waals surface area (Å²) in [4.78, 5) is 12.1. The highest BCUT2D eigenvalue weighted by atomic mass is 32.2. The Hall–Kier alpha value is -1.37. The van der Waals surface area contributed by atoms with Gasteiger partial charge in [-0.2, -0.15) is 0 Å². The van der Waals surface area contributed by atoms with Gasteiger partial charge in [-0.05, 0) is 30.0 Å². The van der Waals surface area contributed by atoms with Crippen molar-refractivity contribution in [3.8, 4) is 0 Å². The molecule has 0 amide bonds. The van der Waals surface area contributed by atoms with Gasteiger partial charge in [-0.15, -0.1) is 0 Å². The van der Waals surface area contributed by atoms with Gasteiger partial charge < -0.3 is 4.55 Å². The second kappa shape index (κ2) is 3.32. The van der Waals surface area contributed by atoms with Crippen molar-refractivity contribution in [2.24, 2.45) is 0 Å². The third kappa shape index (κ3) is 1.49. The molecule has 3 rings (SSSR count). The van der Waals surface area contributed by atoms with E-state index in [-0.39, 0.29) is 10.0 Å². The number of rotatable bonds is 1. The first-order valence-electron chi connectivity index (χ1n) is 4.72. The predicted octanol–water partition coefficient (Wildman–Crippen LogP) is 1.99. The summed E-state index contributed by atoms with van der Waals surface area (Å²) in [6, 6.07) is 7.53. The second-order valence-corrected chi connectivity index (χ2v) is 6.00. The Balaban J connectivity index is 2.54. The lowest BCUT2D eigenvalue weighted by Crippen LogP contribution is -1.99. The zero-order valence-electron chi connectivity index (χ0n) is 8.34. The molecule has 0 atom stereocenters. The fourth-order valence-corrected chi connectivity index (χ4v) is 3.59. The smallest absolute Gasteiger partial charge is 0.224 e. The first-order valence-corrected chi connectivity index (χ1v) is 6.95. The Kier molecular flexibility index (Phi) is 2.10. The van der Waals surface area contributed by atoms with Crippen molar-refractivity contribution in [2.75, 3.05) is 0 Å². The normalized spacial score (nSPS) is 14.5. The van der Waals surface area contributed by atoms with Crippen LogP contribution in [0.3, 0.4) is 0 Å². The number of thioether (sulfide) groups is 1. The van der Waals surface area contributed by atoms with Gasteiger partial charge in [0.25, 0.3) is 0 Å². The third-order valence-corrected chi connectivity index (χ3v) is 4.51. The summed E-state index contributed by atoms with van der Waals surface area (Å²) in [6.07, 6.45) is 0. The van der Waals surface area contributed by atoms with Gasteiger partial charge in [0.1, 0.15) is 10.1 Å². The largest absolute Gasteiger partial charge is 0.744 e. The highest BCUT2D eigenvalue weighted by molar-refractivity contribution is 8.14. The van der Waals surface area contributed by atoms with Crippen LogP contribution >= 0.6 is 11.8 Å². The van der Waals surface area contributed by atoms with Crippen molar-refractivity contribution in [1.29, 1.82) is 0 Å². The summed E-state index contributed by atoms with van der Waals surface area (Å²) in [5, 5.41) is 0.777. The van der Waals surface area contributed by atoms with Crippen LogP contribution in [0.2, 0.25) is 0 Å². The SMILES string of the molecule is O=C1Sc2ccc(S(=O)(=O)[O-])c3cccc1c23. The lowest BCUT2D eigenvalue weighted by atomic mass is 10.1. The number of hydrogen-bond donors (Lipinski definition) is 0. The van der Waals surface area contributed by atoms with Crippen LogP contribution < -0.4 is 0 Å². The van der Waals surface area contributed by atoms with Gasteiger partial charge in [0.05, 0.1) is 4.90 Å². The lowest BCUT2D eigenvalue weighted by Gasteiger charge is -2.10. The molecule has 0 radical (unpaired) electrons. The molecular weight excluding hydrogens is 260 g/mol. The van der Waals surface area contributed by atoms with E-state index in [1.165, 1.54) is 12.1 Å². The Bertz CT molecular complexity index is 762. The maximum absolute atomic E-state index is 11.6. The standard InChI is InChI=1S/C11H6O4S2/c12-11-7-3-1-2-6-9(17(13,14)15)5-4-8(16-11)10(6)7/h1-5H,(H,13,14,15)/p-1. The molecule has 6 heteroatoms. The highest BCUT2D eigenvalue weighted by Crippen LogP contribution is 2.42. The fraction of sp³-hybridized carbons (Fsp3) is 0. The Morgan fingerprint density at radius 3 is 2.59 bits per heavy atom. The van der Waals surface area contributed by atoms with Gasteiger partial charge in [-0.3, -0.25) is 4.79 Å². The average Bonchev–Trinajstić information content (AvgIpc) is 2.57. The van der Waals surface area contributed by atoms with Crippen LogP contribution in [0.15, 0.2) is 40.1 Å². The van der Waals surface area contributed by atoms with Crippen LogP contribution in [0, 0.1) is 0 Å². The molecule has 1 heterocycles. The minimum atomic E-state index is -4.52. The molecule has 1 aliphatic heterocycles. The molecule has 0 aromatic heterocycles. The van der Waals surface area contributed by atoms with Gasteiger partial charge in [-0.1, -0.05) is 12.1 Å². The maximum atomic E-state index is 11.6. The molecule has 0 N–H and O–H groups in total. The third-order valence-electron chi connectivity index (χ3n) is 2.65. The van der Waals surface area contributed by atoms with Gasteiger partial charge in [0.15, 0.2) is 0 Å². The molecule has 4 nitrogen and oxygen atoms in total. The number of carbonyl (C=O) groups is 1. The Labute approximate surface area is 101 Å².